The third kappa shape index (κ3) is 4.42. The predicted molar refractivity (Wildman–Crippen MR) is 80.2 cm³/mol. The highest BCUT2D eigenvalue weighted by Gasteiger charge is 2.31. The van der Waals surface area contributed by atoms with Gasteiger partial charge in [-0.25, -0.2) is 0 Å². The third-order valence-corrected chi connectivity index (χ3v) is 3.10. The molecule has 116 valence electrons. The molecule has 1 aromatic rings. The number of hydrogen-bond acceptors (Lipinski definition) is 5. The number of para-hydroxylation sites is 2. The SMILES string of the molecule is COc1ccccc1NC(=O)C(=O)[C@@H](C#N)CC(C)(C)C=O. The van der Waals surface area contributed by atoms with Gasteiger partial charge in [0.15, 0.2) is 0 Å². The Balaban J connectivity index is 2.86. The van der Waals surface area contributed by atoms with Crippen molar-refractivity contribution in [3.05, 3.63) is 24.3 Å². The molecule has 1 N–H and O–H groups in total. The Morgan fingerprint density at radius 3 is 2.59 bits per heavy atom. The lowest BCUT2D eigenvalue weighted by Gasteiger charge is -2.19. The van der Waals surface area contributed by atoms with Gasteiger partial charge in [-0.15, -0.1) is 0 Å². The summed E-state index contributed by atoms with van der Waals surface area (Å²) in [4.78, 5) is 35.0. The molecule has 0 heterocycles. The van der Waals surface area contributed by atoms with Crippen LogP contribution >= 0.6 is 0 Å². The summed E-state index contributed by atoms with van der Waals surface area (Å²) in [6, 6.07) is 8.41. The quantitative estimate of drug-likeness (QED) is 0.613. The topological polar surface area (TPSA) is 96.3 Å². The highest BCUT2D eigenvalue weighted by molar-refractivity contribution is 6.42. The van der Waals surface area contributed by atoms with Crippen LogP contribution in [0.25, 0.3) is 0 Å². The Morgan fingerprint density at radius 2 is 2.05 bits per heavy atom. The van der Waals surface area contributed by atoms with Crippen molar-refractivity contribution in [1.82, 2.24) is 0 Å². The molecular formula is C16H18N2O4. The zero-order chi connectivity index (χ0) is 16.8. The fourth-order valence-electron chi connectivity index (χ4n) is 1.86. The van der Waals surface area contributed by atoms with Gasteiger partial charge in [0.25, 0.3) is 5.91 Å². The second-order valence-electron chi connectivity index (χ2n) is 5.51. The number of ketones is 1. The molecule has 0 fully saturated rings. The molecule has 1 atom stereocenters. The fraction of sp³-hybridized carbons (Fsp3) is 0.375. The molecule has 0 unspecified atom stereocenters. The van der Waals surface area contributed by atoms with Crippen LogP contribution in [-0.2, 0) is 14.4 Å². The Labute approximate surface area is 129 Å². The van der Waals surface area contributed by atoms with E-state index in [0.717, 1.165) is 0 Å². The highest BCUT2D eigenvalue weighted by Crippen LogP contribution is 2.25. The van der Waals surface area contributed by atoms with E-state index in [0.29, 0.717) is 17.7 Å². The normalized spacial score (nSPS) is 11.9. The van der Waals surface area contributed by atoms with Gasteiger partial charge in [-0.1, -0.05) is 26.0 Å². The van der Waals surface area contributed by atoms with Gasteiger partial charge < -0.3 is 14.8 Å². The van der Waals surface area contributed by atoms with Crippen LogP contribution in [0.2, 0.25) is 0 Å². The molecule has 0 spiro atoms. The van der Waals surface area contributed by atoms with E-state index in [9.17, 15) is 14.4 Å². The maximum atomic E-state index is 12.1. The summed E-state index contributed by atoms with van der Waals surface area (Å²) < 4.78 is 5.07. The van der Waals surface area contributed by atoms with Crippen molar-refractivity contribution in [3.8, 4) is 11.8 Å². The number of amides is 1. The van der Waals surface area contributed by atoms with E-state index in [1.54, 1.807) is 44.2 Å². The van der Waals surface area contributed by atoms with Crippen molar-refractivity contribution >= 4 is 23.7 Å². The first-order chi connectivity index (χ1) is 10.3. The van der Waals surface area contributed by atoms with E-state index in [2.05, 4.69) is 5.32 Å². The van der Waals surface area contributed by atoms with Gasteiger partial charge in [-0.2, -0.15) is 5.26 Å². The van der Waals surface area contributed by atoms with Gasteiger partial charge in [0.2, 0.25) is 5.78 Å². The summed E-state index contributed by atoms with van der Waals surface area (Å²) in [6.07, 6.45) is 0.661. The first-order valence-electron chi connectivity index (χ1n) is 6.69. The van der Waals surface area contributed by atoms with Crippen LogP contribution in [0.3, 0.4) is 0 Å². The van der Waals surface area contributed by atoms with E-state index >= 15 is 0 Å². The maximum absolute atomic E-state index is 12.1. The number of nitrogens with one attached hydrogen (secondary N) is 1. The molecule has 0 saturated carbocycles. The molecule has 0 aliphatic rings. The molecule has 6 heteroatoms. The predicted octanol–water partition coefficient (Wildman–Crippen LogP) is 1.96. The minimum absolute atomic E-state index is 0.00875. The highest BCUT2D eigenvalue weighted by atomic mass is 16.5. The van der Waals surface area contributed by atoms with Crippen molar-refractivity contribution in [1.29, 1.82) is 5.26 Å². The molecule has 22 heavy (non-hydrogen) atoms. The molecule has 6 nitrogen and oxygen atoms in total. The van der Waals surface area contributed by atoms with Gasteiger partial charge in [0.1, 0.15) is 18.0 Å². The maximum Gasteiger partial charge on any atom is 0.293 e. The minimum atomic E-state index is -1.17. The first kappa shape index (κ1) is 17.4. The molecule has 0 bridgehead atoms. The van der Waals surface area contributed by atoms with Crippen LogP contribution < -0.4 is 10.1 Å². The lowest BCUT2D eigenvalue weighted by Crippen LogP contribution is -2.32. The number of aldehydes is 1. The minimum Gasteiger partial charge on any atom is -0.495 e. The number of anilines is 1. The van der Waals surface area contributed by atoms with Crippen molar-refractivity contribution in [3.63, 3.8) is 0 Å². The van der Waals surface area contributed by atoms with Crippen LogP contribution in [0.4, 0.5) is 5.69 Å². The lowest BCUT2D eigenvalue weighted by atomic mass is 9.83. The average Bonchev–Trinajstić information content (AvgIpc) is 2.52. The molecule has 1 rings (SSSR count). The monoisotopic (exact) mass is 302 g/mol. The third-order valence-electron chi connectivity index (χ3n) is 3.10. The number of nitriles is 1. The largest absolute Gasteiger partial charge is 0.495 e. The number of ether oxygens (including phenoxy) is 1. The van der Waals surface area contributed by atoms with Crippen LogP contribution in [0.15, 0.2) is 24.3 Å². The summed E-state index contributed by atoms with van der Waals surface area (Å²) in [5.74, 6) is -2.54. The van der Waals surface area contributed by atoms with E-state index in [1.807, 2.05) is 0 Å². The van der Waals surface area contributed by atoms with Gasteiger partial charge in [-0.3, -0.25) is 9.59 Å². The van der Waals surface area contributed by atoms with E-state index < -0.39 is 23.0 Å². The molecule has 0 saturated heterocycles. The molecule has 0 aliphatic carbocycles. The molecule has 0 aliphatic heterocycles. The van der Waals surface area contributed by atoms with Gasteiger partial charge >= 0.3 is 0 Å². The number of rotatable bonds is 7. The standard InChI is InChI=1S/C16H18N2O4/c1-16(2,10-19)8-11(9-17)14(20)15(21)18-12-6-4-5-7-13(12)22-3/h4-7,10-11H,8H2,1-3H3,(H,18,21)/t11-/m1/s1. The van der Waals surface area contributed by atoms with Gasteiger partial charge in [0.05, 0.1) is 18.9 Å². The number of benzene rings is 1. The van der Waals surface area contributed by atoms with E-state index in [-0.39, 0.29) is 6.42 Å². The lowest BCUT2D eigenvalue weighted by molar-refractivity contribution is -0.137. The summed E-state index contributed by atoms with van der Waals surface area (Å²) in [5.41, 5.74) is -0.504. The molecular weight excluding hydrogens is 284 g/mol. The second kappa shape index (κ2) is 7.36. The van der Waals surface area contributed by atoms with E-state index in [4.69, 9.17) is 10.00 Å². The smallest absolute Gasteiger partial charge is 0.293 e. The van der Waals surface area contributed by atoms with Crippen molar-refractivity contribution in [2.24, 2.45) is 11.3 Å². The van der Waals surface area contributed by atoms with Gasteiger partial charge in [0, 0.05) is 5.41 Å². The van der Waals surface area contributed by atoms with Crippen LogP contribution in [0.5, 0.6) is 5.75 Å². The number of hydrogen-bond donors (Lipinski definition) is 1. The summed E-state index contributed by atoms with van der Waals surface area (Å²) in [7, 11) is 1.44. The van der Waals surface area contributed by atoms with Crippen LogP contribution in [0.1, 0.15) is 20.3 Å². The van der Waals surface area contributed by atoms with Crippen LogP contribution in [0, 0.1) is 22.7 Å². The van der Waals surface area contributed by atoms with Crippen molar-refractivity contribution < 1.29 is 19.1 Å². The Morgan fingerprint density at radius 1 is 1.41 bits per heavy atom. The summed E-state index contributed by atoms with van der Waals surface area (Å²) in [6.45, 7) is 3.21. The Kier molecular flexibility index (Phi) is 5.81. The number of Topliss-reactive ketones (excluding diaryl/α,β-unsaturated/α-hetero) is 1. The molecule has 0 radical (unpaired) electrons. The fourth-order valence-corrected chi connectivity index (χ4v) is 1.86. The van der Waals surface area contributed by atoms with Crippen molar-refractivity contribution in [2.75, 3.05) is 12.4 Å². The summed E-state index contributed by atoms with van der Waals surface area (Å²) >= 11 is 0. The summed E-state index contributed by atoms with van der Waals surface area (Å²) in [5, 5.41) is 11.5. The number of carbonyl (C=O) groups excluding carboxylic acids is 3. The van der Waals surface area contributed by atoms with Crippen molar-refractivity contribution in [2.45, 2.75) is 20.3 Å². The van der Waals surface area contributed by atoms with E-state index in [1.165, 1.54) is 7.11 Å². The number of methoxy groups -OCH3 is 1. The number of carbonyl (C=O) groups is 3. The number of nitrogens with zero attached hydrogens (tertiary/aromatic N) is 1. The first-order valence-corrected chi connectivity index (χ1v) is 6.69. The van der Waals surface area contributed by atoms with Crippen LogP contribution in [-0.4, -0.2) is 25.1 Å². The molecule has 1 amide bonds. The zero-order valence-electron chi connectivity index (χ0n) is 12.8. The average molecular weight is 302 g/mol. The Bertz CT molecular complexity index is 617. The molecule has 0 aromatic heterocycles. The second-order valence-corrected chi connectivity index (χ2v) is 5.51. The zero-order valence-corrected chi connectivity index (χ0v) is 12.8. The van der Waals surface area contributed by atoms with Gasteiger partial charge in [-0.05, 0) is 18.6 Å². The molecule has 1 aromatic carbocycles. The Hall–Kier alpha value is -2.68.